The van der Waals surface area contributed by atoms with E-state index in [0.29, 0.717) is 23.6 Å². The summed E-state index contributed by atoms with van der Waals surface area (Å²) in [6.07, 6.45) is 0.428. The topological polar surface area (TPSA) is 127 Å². The highest BCUT2D eigenvalue weighted by atomic mass is 16.6. The third-order valence-electron chi connectivity index (χ3n) is 4.84. The van der Waals surface area contributed by atoms with Gasteiger partial charge in [-0.25, -0.2) is 16.3 Å². The predicted molar refractivity (Wildman–Crippen MR) is 110 cm³/mol. The highest BCUT2D eigenvalue weighted by molar-refractivity contribution is 6.00. The number of hydrogen-bond donors (Lipinski definition) is 3. The first kappa shape index (κ1) is 21.2. The number of amides is 1. The smallest absolute Gasteiger partial charge is 0.269 e. The Morgan fingerprint density at radius 1 is 1.17 bits per heavy atom. The van der Waals surface area contributed by atoms with Crippen LogP contribution in [0.4, 0.5) is 5.69 Å². The number of hydrazine groups is 1. The minimum atomic E-state index is -0.531. The molecule has 2 atom stereocenters. The Morgan fingerprint density at radius 3 is 2.63 bits per heavy atom. The van der Waals surface area contributed by atoms with Gasteiger partial charge in [-0.05, 0) is 37.1 Å². The molecule has 2 aromatic rings. The summed E-state index contributed by atoms with van der Waals surface area (Å²) in [4.78, 5) is 23.0. The highest BCUT2D eigenvalue weighted by Gasteiger charge is 2.30. The molecule has 0 aliphatic carbocycles. The molecule has 0 radical (unpaired) electrons. The van der Waals surface area contributed by atoms with Gasteiger partial charge in [-0.15, -0.1) is 0 Å². The minimum absolute atomic E-state index is 0.0114. The van der Waals surface area contributed by atoms with Gasteiger partial charge >= 0.3 is 0 Å². The molecule has 0 bridgehead atoms. The van der Waals surface area contributed by atoms with Gasteiger partial charge in [-0.1, -0.05) is 12.1 Å². The van der Waals surface area contributed by atoms with E-state index >= 15 is 0 Å². The average Bonchev–Trinajstić information content (AvgIpc) is 3.27. The van der Waals surface area contributed by atoms with Crippen LogP contribution in [-0.2, 0) is 4.79 Å². The van der Waals surface area contributed by atoms with E-state index in [1.54, 1.807) is 45.4 Å². The van der Waals surface area contributed by atoms with Gasteiger partial charge in [-0.3, -0.25) is 14.9 Å². The second-order valence-electron chi connectivity index (χ2n) is 6.72. The molecule has 1 aliphatic heterocycles. The van der Waals surface area contributed by atoms with Crippen molar-refractivity contribution in [1.82, 2.24) is 16.3 Å². The zero-order valence-electron chi connectivity index (χ0n) is 16.8. The van der Waals surface area contributed by atoms with Crippen LogP contribution in [0.15, 0.2) is 47.6 Å². The van der Waals surface area contributed by atoms with Crippen LogP contribution in [0.2, 0.25) is 0 Å². The Balaban J connectivity index is 1.63. The molecular weight excluding hydrogens is 390 g/mol. The number of nitro benzene ring substituents is 1. The molecule has 2 aromatic carbocycles. The average molecular weight is 413 g/mol. The van der Waals surface area contributed by atoms with Gasteiger partial charge in [0.25, 0.3) is 11.6 Å². The standard InChI is InChI=1S/C20H23N5O5/c1-12(13-7-8-18(29-2)19(10-13)30-3)21-24-20(26)17-11-16(22-23-17)14-5-4-6-15(9-14)25(27)28/h4-10,16-17,22-23H,11H2,1-3H3,(H,24,26)/b21-12-. The Morgan fingerprint density at radius 2 is 1.93 bits per heavy atom. The van der Waals surface area contributed by atoms with Crippen molar-refractivity contribution in [3.05, 3.63) is 63.7 Å². The molecular formula is C20H23N5O5. The minimum Gasteiger partial charge on any atom is -0.493 e. The summed E-state index contributed by atoms with van der Waals surface area (Å²) < 4.78 is 10.5. The van der Waals surface area contributed by atoms with E-state index in [2.05, 4.69) is 21.4 Å². The Kier molecular flexibility index (Phi) is 6.60. The van der Waals surface area contributed by atoms with Crippen molar-refractivity contribution in [2.75, 3.05) is 14.2 Å². The second kappa shape index (κ2) is 9.33. The van der Waals surface area contributed by atoms with Crippen molar-refractivity contribution in [2.24, 2.45) is 5.10 Å². The van der Waals surface area contributed by atoms with E-state index in [1.165, 1.54) is 12.1 Å². The van der Waals surface area contributed by atoms with E-state index in [0.717, 1.165) is 11.1 Å². The maximum atomic E-state index is 12.5. The summed E-state index contributed by atoms with van der Waals surface area (Å²) in [5.74, 6) is 0.860. The van der Waals surface area contributed by atoms with Gasteiger partial charge in [0.1, 0.15) is 6.04 Å². The molecule has 10 heteroatoms. The van der Waals surface area contributed by atoms with Crippen LogP contribution in [-0.4, -0.2) is 36.8 Å². The lowest BCUT2D eigenvalue weighted by atomic mass is 10.0. The normalized spacial score (nSPS) is 18.7. The lowest BCUT2D eigenvalue weighted by Crippen LogP contribution is -2.41. The molecule has 30 heavy (non-hydrogen) atoms. The number of rotatable bonds is 7. The first-order chi connectivity index (χ1) is 14.4. The fourth-order valence-electron chi connectivity index (χ4n) is 3.14. The molecule has 1 heterocycles. The number of nitrogens with zero attached hydrogens (tertiary/aromatic N) is 2. The summed E-state index contributed by atoms with van der Waals surface area (Å²) in [5, 5.41) is 15.1. The van der Waals surface area contributed by atoms with Gasteiger partial charge in [-0.2, -0.15) is 5.10 Å². The van der Waals surface area contributed by atoms with Crippen molar-refractivity contribution in [3.8, 4) is 11.5 Å². The number of methoxy groups -OCH3 is 2. The molecule has 1 aliphatic rings. The van der Waals surface area contributed by atoms with Crippen molar-refractivity contribution < 1.29 is 19.2 Å². The molecule has 1 amide bonds. The van der Waals surface area contributed by atoms with Crippen molar-refractivity contribution in [2.45, 2.75) is 25.4 Å². The van der Waals surface area contributed by atoms with Crippen LogP contribution in [0.25, 0.3) is 0 Å². The number of carbonyl (C=O) groups excluding carboxylic acids is 1. The molecule has 0 saturated carbocycles. The van der Waals surface area contributed by atoms with Crippen LogP contribution < -0.4 is 25.8 Å². The fraction of sp³-hybridized carbons (Fsp3) is 0.300. The highest BCUT2D eigenvalue weighted by Crippen LogP contribution is 2.28. The van der Waals surface area contributed by atoms with Gasteiger partial charge in [0.05, 0.1) is 24.9 Å². The van der Waals surface area contributed by atoms with Crippen LogP contribution in [0.3, 0.4) is 0 Å². The predicted octanol–water partition coefficient (Wildman–Crippen LogP) is 2.06. The second-order valence-corrected chi connectivity index (χ2v) is 6.72. The molecule has 0 aromatic heterocycles. The zero-order valence-corrected chi connectivity index (χ0v) is 16.8. The van der Waals surface area contributed by atoms with Gasteiger partial charge in [0.2, 0.25) is 0 Å². The van der Waals surface area contributed by atoms with Crippen LogP contribution in [0, 0.1) is 10.1 Å². The third kappa shape index (κ3) is 4.73. The van der Waals surface area contributed by atoms with Gasteiger partial charge in [0.15, 0.2) is 11.5 Å². The summed E-state index contributed by atoms with van der Waals surface area (Å²) in [5.41, 5.74) is 10.6. The van der Waals surface area contributed by atoms with Gasteiger partial charge in [0, 0.05) is 23.7 Å². The zero-order chi connectivity index (χ0) is 21.7. The summed E-state index contributed by atoms with van der Waals surface area (Å²) in [6.45, 7) is 1.77. The number of hydrazone groups is 1. The van der Waals surface area contributed by atoms with Gasteiger partial charge < -0.3 is 9.47 Å². The first-order valence-corrected chi connectivity index (χ1v) is 9.25. The molecule has 158 valence electrons. The largest absolute Gasteiger partial charge is 0.493 e. The molecule has 1 saturated heterocycles. The Labute approximate surface area is 173 Å². The number of ether oxygens (including phenoxy) is 2. The van der Waals surface area contributed by atoms with Crippen molar-refractivity contribution >= 4 is 17.3 Å². The number of hydrogen-bond acceptors (Lipinski definition) is 8. The molecule has 0 spiro atoms. The molecule has 10 nitrogen and oxygen atoms in total. The van der Waals surface area contributed by atoms with Crippen molar-refractivity contribution in [1.29, 1.82) is 0 Å². The van der Waals surface area contributed by atoms with Crippen LogP contribution in [0.1, 0.15) is 30.5 Å². The third-order valence-corrected chi connectivity index (χ3v) is 4.84. The number of benzene rings is 2. The number of carbonyl (C=O) groups is 1. The number of nitrogens with one attached hydrogen (secondary N) is 3. The Bertz CT molecular complexity index is 978. The maximum absolute atomic E-state index is 12.5. The van der Waals surface area contributed by atoms with E-state index in [9.17, 15) is 14.9 Å². The van der Waals surface area contributed by atoms with E-state index < -0.39 is 11.0 Å². The molecule has 3 N–H and O–H groups in total. The first-order valence-electron chi connectivity index (χ1n) is 9.25. The van der Waals surface area contributed by atoms with Crippen LogP contribution >= 0.6 is 0 Å². The lowest BCUT2D eigenvalue weighted by molar-refractivity contribution is -0.384. The number of nitro groups is 1. The van der Waals surface area contributed by atoms with E-state index in [4.69, 9.17) is 9.47 Å². The summed E-state index contributed by atoms with van der Waals surface area (Å²) in [6, 6.07) is 10.9. The quantitative estimate of drug-likeness (QED) is 0.360. The lowest BCUT2D eigenvalue weighted by Gasteiger charge is -2.11. The molecule has 1 fully saturated rings. The molecule has 2 unspecified atom stereocenters. The van der Waals surface area contributed by atoms with Crippen LogP contribution in [0.5, 0.6) is 11.5 Å². The SMILES string of the molecule is COc1ccc(/C(C)=N\NC(=O)C2CC(c3cccc([N+](=O)[O-])c3)NN2)cc1OC. The van der Waals surface area contributed by atoms with E-state index in [1.807, 2.05) is 6.07 Å². The maximum Gasteiger partial charge on any atom is 0.269 e. The summed E-state index contributed by atoms with van der Waals surface area (Å²) in [7, 11) is 3.11. The molecule has 3 rings (SSSR count). The summed E-state index contributed by atoms with van der Waals surface area (Å²) >= 11 is 0. The Hall–Kier alpha value is -3.50. The van der Waals surface area contributed by atoms with Crippen molar-refractivity contribution in [3.63, 3.8) is 0 Å². The number of non-ortho nitro benzene ring substituents is 1. The van der Waals surface area contributed by atoms with E-state index in [-0.39, 0.29) is 17.6 Å². The fourth-order valence-corrected chi connectivity index (χ4v) is 3.14. The monoisotopic (exact) mass is 413 g/mol.